The molecular formula is C19H18ClN3OS. The molecule has 1 aliphatic rings. The van der Waals surface area contributed by atoms with Crippen molar-refractivity contribution in [2.45, 2.75) is 0 Å². The van der Waals surface area contributed by atoms with Crippen LogP contribution in [0.2, 0.25) is 5.02 Å². The van der Waals surface area contributed by atoms with E-state index in [0.29, 0.717) is 5.02 Å². The Balaban J connectivity index is 1.55. The van der Waals surface area contributed by atoms with Gasteiger partial charge in [0.15, 0.2) is 0 Å². The highest BCUT2D eigenvalue weighted by Gasteiger charge is 2.15. The fourth-order valence-electron chi connectivity index (χ4n) is 3.00. The maximum Gasteiger partial charge on any atom is 0.0831 e. The van der Waals surface area contributed by atoms with Crippen LogP contribution in [-0.4, -0.2) is 38.6 Å². The summed E-state index contributed by atoms with van der Waals surface area (Å²) >= 11 is 6.24. The predicted molar refractivity (Wildman–Crippen MR) is 104 cm³/mol. The molecule has 1 saturated heterocycles. The fourth-order valence-corrected chi connectivity index (χ4v) is 4.28. The zero-order valence-corrected chi connectivity index (χ0v) is 15.2. The van der Waals surface area contributed by atoms with E-state index in [4.69, 9.17) is 11.6 Å². The normalized spacial score (nSPS) is 15.5. The number of halogens is 1. The van der Waals surface area contributed by atoms with Crippen LogP contribution in [0.4, 0.5) is 5.69 Å². The van der Waals surface area contributed by atoms with Crippen LogP contribution in [0.25, 0.3) is 16.8 Å². The van der Waals surface area contributed by atoms with E-state index in [1.807, 2.05) is 36.7 Å². The molecule has 2 heterocycles. The summed E-state index contributed by atoms with van der Waals surface area (Å²) in [5, 5.41) is 5.11. The van der Waals surface area contributed by atoms with Crippen molar-refractivity contribution in [1.82, 2.24) is 9.78 Å². The molecule has 4 rings (SSSR count). The molecule has 1 fully saturated rings. The smallest absolute Gasteiger partial charge is 0.0831 e. The number of anilines is 1. The molecule has 1 aliphatic heterocycles. The molecule has 0 N–H and O–H groups in total. The van der Waals surface area contributed by atoms with Gasteiger partial charge in [0, 0.05) is 52.8 Å². The second-order valence-electron chi connectivity index (χ2n) is 6.01. The van der Waals surface area contributed by atoms with Gasteiger partial charge in [0.2, 0.25) is 0 Å². The van der Waals surface area contributed by atoms with Crippen LogP contribution in [0.15, 0.2) is 60.9 Å². The molecule has 2 aromatic carbocycles. The minimum absolute atomic E-state index is 0.650. The maximum atomic E-state index is 11.5. The molecular weight excluding hydrogens is 354 g/mol. The van der Waals surface area contributed by atoms with Crippen LogP contribution >= 0.6 is 11.6 Å². The van der Waals surface area contributed by atoms with E-state index >= 15 is 0 Å². The van der Waals surface area contributed by atoms with Gasteiger partial charge in [-0.15, -0.1) is 0 Å². The molecule has 3 aromatic rings. The van der Waals surface area contributed by atoms with Crippen molar-refractivity contribution in [1.29, 1.82) is 0 Å². The zero-order valence-electron chi connectivity index (χ0n) is 13.6. The van der Waals surface area contributed by atoms with Gasteiger partial charge in [0.25, 0.3) is 0 Å². The van der Waals surface area contributed by atoms with Crippen molar-refractivity contribution < 1.29 is 4.21 Å². The van der Waals surface area contributed by atoms with Gasteiger partial charge in [0.1, 0.15) is 0 Å². The summed E-state index contributed by atoms with van der Waals surface area (Å²) in [6.07, 6.45) is 3.84. The van der Waals surface area contributed by atoms with E-state index in [-0.39, 0.29) is 0 Å². The molecule has 0 unspecified atom stereocenters. The minimum atomic E-state index is -0.650. The molecule has 4 nitrogen and oxygen atoms in total. The number of nitrogens with zero attached hydrogens (tertiary/aromatic N) is 3. The molecule has 0 saturated carbocycles. The summed E-state index contributed by atoms with van der Waals surface area (Å²) in [4.78, 5) is 2.29. The topological polar surface area (TPSA) is 38.1 Å². The second-order valence-corrected chi connectivity index (χ2v) is 8.11. The van der Waals surface area contributed by atoms with Crippen LogP contribution in [0.5, 0.6) is 0 Å². The SMILES string of the molecule is O=S1CCN(c2ccc(-c3cnn(-c4ccccc4Cl)c3)cc2)CC1. The van der Waals surface area contributed by atoms with Gasteiger partial charge in [0.05, 0.1) is 16.9 Å². The summed E-state index contributed by atoms with van der Waals surface area (Å²) in [6.45, 7) is 1.72. The third-order valence-electron chi connectivity index (χ3n) is 4.43. The number of hydrogen-bond acceptors (Lipinski definition) is 3. The quantitative estimate of drug-likeness (QED) is 0.703. The van der Waals surface area contributed by atoms with Crippen LogP contribution in [0.3, 0.4) is 0 Å². The molecule has 0 atom stereocenters. The van der Waals surface area contributed by atoms with Gasteiger partial charge < -0.3 is 4.90 Å². The highest BCUT2D eigenvalue weighted by molar-refractivity contribution is 7.85. The van der Waals surface area contributed by atoms with E-state index in [9.17, 15) is 4.21 Å². The monoisotopic (exact) mass is 371 g/mol. The Morgan fingerprint density at radius 2 is 1.68 bits per heavy atom. The van der Waals surface area contributed by atoms with Crippen molar-refractivity contribution in [2.75, 3.05) is 29.5 Å². The lowest BCUT2D eigenvalue weighted by Gasteiger charge is -2.28. The molecule has 25 heavy (non-hydrogen) atoms. The summed E-state index contributed by atoms with van der Waals surface area (Å²) in [7, 11) is -0.650. The average molecular weight is 372 g/mol. The number of benzene rings is 2. The van der Waals surface area contributed by atoms with Crippen molar-refractivity contribution >= 4 is 28.1 Å². The molecule has 0 bridgehead atoms. The number of para-hydroxylation sites is 1. The first-order valence-electron chi connectivity index (χ1n) is 8.21. The minimum Gasteiger partial charge on any atom is -0.370 e. The van der Waals surface area contributed by atoms with Gasteiger partial charge in [-0.2, -0.15) is 5.10 Å². The first kappa shape index (κ1) is 16.4. The first-order valence-corrected chi connectivity index (χ1v) is 10.1. The standard InChI is InChI=1S/C19H18ClN3OS/c20-18-3-1-2-4-19(18)23-14-16(13-21-23)15-5-7-17(8-6-15)22-9-11-25(24)12-10-22/h1-8,13-14H,9-12H2. The molecule has 0 amide bonds. The largest absolute Gasteiger partial charge is 0.370 e. The number of rotatable bonds is 3. The van der Waals surface area contributed by atoms with Crippen LogP contribution in [-0.2, 0) is 10.8 Å². The van der Waals surface area contributed by atoms with Crippen LogP contribution < -0.4 is 4.90 Å². The molecule has 0 aliphatic carbocycles. The molecule has 0 spiro atoms. The summed E-state index contributed by atoms with van der Waals surface area (Å²) in [6, 6.07) is 16.1. The Morgan fingerprint density at radius 3 is 2.40 bits per heavy atom. The lowest BCUT2D eigenvalue weighted by atomic mass is 10.1. The lowest BCUT2D eigenvalue weighted by Crippen LogP contribution is -2.37. The molecule has 0 radical (unpaired) electrons. The van der Waals surface area contributed by atoms with Gasteiger partial charge in [-0.3, -0.25) is 4.21 Å². The Labute approximate surface area is 154 Å². The second kappa shape index (κ2) is 7.02. The van der Waals surface area contributed by atoms with Crippen molar-refractivity contribution in [2.24, 2.45) is 0 Å². The van der Waals surface area contributed by atoms with Crippen molar-refractivity contribution in [3.63, 3.8) is 0 Å². The third kappa shape index (κ3) is 3.48. The number of hydrogen-bond donors (Lipinski definition) is 0. The van der Waals surface area contributed by atoms with E-state index in [1.54, 1.807) is 4.68 Å². The van der Waals surface area contributed by atoms with E-state index in [1.165, 1.54) is 5.69 Å². The summed E-state index contributed by atoms with van der Waals surface area (Å²) in [5.41, 5.74) is 4.21. The Kier molecular flexibility index (Phi) is 4.59. The zero-order chi connectivity index (χ0) is 17.2. The van der Waals surface area contributed by atoms with Gasteiger partial charge in [-0.1, -0.05) is 35.9 Å². The predicted octanol–water partition coefficient (Wildman–Crippen LogP) is 3.76. The average Bonchev–Trinajstić information content (AvgIpc) is 3.13. The molecule has 128 valence electrons. The highest BCUT2D eigenvalue weighted by atomic mass is 35.5. The Hall–Kier alpha value is -2.11. The number of aromatic nitrogens is 2. The fraction of sp³-hybridized carbons (Fsp3) is 0.211. The highest BCUT2D eigenvalue weighted by Crippen LogP contribution is 2.26. The van der Waals surface area contributed by atoms with E-state index < -0.39 is 10.8 Å². The maximum absolute atomic E-state index is 11.5. The first-order chi connectivity index (χ1) is 12.2. The van der Waals surface area contributed by atoms with Crippen LogP contribution in [0, 0.1) is 0 Å². The Bertz CT molecular complexity index is 897. The summed E-state index contributed by atoms with van der Waals surface area (Å²) < 4.78 is 13.3. The van der Waals surface area contributed by atoms with Gasteiger partial charge >= 0.3 is 0 Å². The van der Waals surface area contributed by atoms with E-state index in [2.05, 4.69) is 34.3 Å². The third-order valence-corrected chi connectivity index (χ3v) is 6.02. The Morgan fingerprint density at radius 1 is 0.960 bits per heavy atom. The summed E-state index contributed by atoms with van der Waals surface area (Å²) in [5.74, 6) is 1.51. The van der Waals surface area contributed by atoms with Crippen LogP contribution in [0.1, 0.15) is 0 Å². The van der Waals surface area contributed by atoms with E-state index in [0.717, 1.165) is 41.4 Å². The van der Waals surface area contributed by atoms with Crippen molar-refractivity contribution in [3.8, 4) is 16.8 Å². The van der Waals surface area contributed by atoms with Gasteiger partial charge in [-0.25, -0.2) is 4.68 Å². The van der Waals surface area contributed by atoms with Crippen molar-refractivity contribution in [3.05, 3.63) is 65.9 Å². The lowest BCUT2D eigenvalue weighted by molar-refractivity contribution is 0.673. The molecule has 1 aromatic heterocycles. The molecule has 6 heteroatoms. The van der Waals surface area contributed by atoms with Gasteiger partial charge in [-0.05, 0) is 29.8 Å².